The zero-order valence-corrected chi connectivity index (χ0v) is 16.8. The Balaban J connectivity index is 1.42. The average Bonchev–Trinajstić information content (AvgIpc) is 3.12. The van der Waals surface area contributed by atoms with Gasteiger partial charge in [-0.2, -0.15) is 0 Å². The van der Waals surface area contributed by atoms with E-state index in [-0.39, 0.29) is 12.5 Å². The summed E-state index contributed by atoms with van der Waals surface area (Å²) < 4.78 is 5.77. The van der Waals surface area contributed by atoms with Crippen molar-refractivity contribution in [2.75, 3.05) is 19.7 Å². The maximum Gasteiger partial charge on any atom is 0.260 e. The number of hydrogen-bond donors (Lipinski definition) is 1. The lowest BCUT2D eigenvalue weighted by atomic mass is 9.99. The summed E-state index contributed by atoms with van der Waals surface area (Å²) in [5.41, 5.74) is 5.72. The number of rotatable bonds is 4. The molecule has 0 atom stereocenters. The number of aromatic nitrogens is 1. The van der Waals surface area contributed by atoms with Crippen LogP contribution in [0.25, 0.3) is 16.5 Å². The van der Waals surface area contributed by atoms with Crippen LogP contribution in [-0.2, 0) is 4.79 Å². The molecule has 2 aromatic carbocycles. The Morgan fingerprint density at radius 2 is 2.11 bits per heavy atom. The molecule has 144 valence electrons. The normalized spacial score (nSPS) is 14.2. The van der Waals surface area contributed by atoms with Crippen molar-refractivity contribution < 1.29 is 9.53 Å². The van der Waals surface area contributed by atoms with Crippen LogP contribution >= 0.6 is 11.6 Å². The Kier molecular flexibility index (Phi) is 5.14. The summed E-state index contributed by atoms with van der Waals surface area (Å²) in [6.07, 6.45) is 4.96. The second-order valence-corrected chi connectivity index (χ2v) is 7.63. The van der Waals surface area contributed by atoms with Crippen molar-refractivity contribution in [2.24, 2.45) is 0 Å². The summed E-state index contributed by atoms with van der Waals surface area (Å²) in [5.74, 6) is 0.787. The predicted molar refractivity (Wildman–Crippen MR) is 114 cm³/mol. The molecule has 0 aliphatic carbocycles. The van der Waals surface area contributed by atoms with E-state index in [1.807, 2.05) is 61.3 Å². The molecule has 28 heavy (non-hydrogen) atoms. The number of hydrogen-bond acceptors (Lipinski definition) is 2. The van der Waals surface area contributed by atoms with E-state index in [1.165, 1.54) is 5.57 Å². The maximum atomic E-state index is 12.6. The van der Waals surface area contributed by atoms with Crippen LogP contribution in [0, 0.1) is 13.8 Å². The molecule has 1 aliphatic heterocycles. The monoisotopic (exact) mass is 394 g/mol. The summed E-state index contributed by atoms with van der Waals surface area (Å²) in [5, 5.41) is 1.85. The second kappa shape index (κ2) is 7.72. The van der Waals surface area contributed by atoms with Gasteiger partial charge in [0.05, 0.1) is 0 Å². The number of benzene rings is 2. The number of H-pyrrole nitrogens is 1. The van der Waals surface area contributed by atoms with E-state index in [0.717, 1.165) is 44.8 Å². The number of nitrogens with zero attached hydrogens (tertiary/aromatic N) is 1. The Labute approximate surface area is 169 Å². The number of carbonyl (C=O) groups is 1. The second-order valence-electron chi connectivity index (χ2n) is 7.20. The highest BCUT2D eigenvalue weighted by atomic mass is 35.5. The van der Waals surface area contributed by atoms with Crippen LogP contribution < -0.4 is 4.74 Å². The third-order valence-corrected chi connectivity index (χ3v) is 5.69. The quantitative estimate of drug-likeness (QED) is 0.666. The van der Waals surface area contributed by atoms with Crippen LogP contribution in [-0.4, -0.2) is 35.5 Å². The minimum atomic E-state index is 0.0122. The van der Waals surface area contributed by atoms with Crippen molar-refractivity contribution in [3.8, 4) is 5.75 Å². The molecule has 2 heterocycles. The smallest absolute Gasteiger partial charge is 0.260 e. The zero-order valence-electron chi connectivity index (χ0n) is 16.1. The van der Waals surface area contributed by atoms with Gasteiger partial charge in [0.1, 0.15) is 5.75 Å². The average molecular weight is 395 g/mol. The fourth-order valence-electron chi connectivity index (χ4n) is 3.61. The van der Waals surface area contributed by atoms with Gasteiger partial charge in [-0.25, -0.2) is 0 Å². The molecule has 1 aliphatic rings. The fourth-order valence-corrected chi connectivity index (χ4v) is 3.78. The molecule has 0 spiro atoms. The highest BCUT2D eigenvalue weighted by molar-refractivity contribution is 6.31. The lowest BCUT2D eigenvalue weighted by Gasteiger charge is -2.26. The highest BCUT2D eigenvalue weighted by Gasteiger charge is 2.20. The van der Waals surface area contributed by atoms with E-state index in [9.17, 15) is 4.79 Å². The van der Waals surface area contributed by atoms with E-state index in [2.05, 4.69) is 11.1 Å². The summed E-state index contributed by atoms with van der Waals surface area (Å²) in [6, 6.07) is 11.8. The van der Waals surface area contributed by atoms with Gasteiger partial charge in [-0.15, -0.1) is 0 Å². The van der Waals surface area contributed by atoms with Gasteiger partial charge in [0.2, 0.25) is 0 Å². The molecule has 0 unspecified atom stereocenters. The molecule has 0 radical (unpaired) electrons. The molecular formula is C23H23ClN2O2. The van der Waals surface area contributed by atoms with E-state index in [1.54, 1.807) is 0 Å². The van der Waals surface area contributed by atoms with Gasteiger partial charge < -0.3 is 14.6 Å². The van der Waals surface area contributed by atoms with Crippen LogP contribution in [0.4, 0.5) is 0 Å². The summed E-state index contributed by atoms with van der Waals surface area (Å²) >= 11 is 6.16. The molecular weight excluding hydrogens is 372 g/mol. The van der Waals surface area contributed by atoms with E-state index >= 15 is 0 Å². The molecule has 0 fully saturated rings. The predicted octanol–water partition coefficient (Wildman–Crippen LogP) is 5.13. The molecule has 0 saturated heterocycles. The number of nitrogens with one attached hydrogen (secondary N) is 1. The van der Waals surface area contributed by atoms with Gasteiger partial charge in [-0.1, -0.05) is 29.8 Å². The van der Waals surface area contributed by atoms with Crippen molar-refractivity contribution in [1.29, 1.82) is 0 Å². The number of fused-ring (bicyclic) bond motifs is 1. The fraction of sp³-hybridized carbons (Fsp3) is 0.261. The molecule has 3 aromatic rings. The first kappa shape index (κ1) is 18.6. The van der Waals surface area contributed by atoms with Crippen LogP contribution in [0.3, 0.4) is 0 Å². The van der Waals surface area contributed by atoms with Crippen molar-refractivity contribution in [2.45, 2.75) is 20.3 Å². The molecule has 1 N–H and O–H groups in total. The van der Waals surface area contributed by atoms with Gasteiger partial charge in [-0.3, -0.25) is 4.79 Å². The number of ether oxygens (including phenoxy) is 1. The number of carbonyl (C=O) groups excluding carboxylic acids is 1. The van der Waals surface area contributed by atoms with Crippen LogP contribution in [0.15, 0.2) is 48.7 Å². The van der Waals surface area contributed by atoms with Crippen molar-refractivity contribution >= 4 is 34.0 Å². The first-order valence-corrected chi connectivity index (χ1v) is 9.83. The Morgan fingerprint density at radius 1 is 1.25 bits per heavy atom. The zero-order chi connectivity index (χ0) is 19.7. The van der Waals surface area contributed by atoms with Crippen molar-refractivity contribution in [3.05, 3.63) is 70.4 Å². The standard InChI is InChI=1S/C23H23ClN2O2/c1-15-4-3-5-22(16(15)2)28-14-23(27)26-10-8-17(9-11-26)20-13-25-21-7-6-18(24)12-19(20)21/h3-8,12-13,25H,9-11,14H2,1-2H3. The molecule has 5 heteroatoms. The Bertz CT molecular complexity index is 1070. The topological polar surface area (TPSA) is 45.3 Å². The number of aryl methyl sites for hydroxylation is 1. The first-order valence-electron chi connectivity index (χ1n) is 9.46. The molecule has 1 aromatic heterocycles. The number of halogens is 1. The molecule has 4 rings (SSSR count). The lowest BCUT2D eigenvalue weighted by molar-refractivity contribution is -0.132. The first-order chi connectivity index (χ1) is 13.5. The highest BCUT2D eigenvalue weighted by Crippen LogP contribution is 2.31. The van der Waals surface area contributed by atoms with Gasteiger partial charge in [0, 0.05) is 40.8 Å². The van der Waals surface area contributed by atoms with E-state index < -0.39 is 0 Å². The minimum Gasteiger partial charge on any atom is -0.483 e. The Hall–Kier alpha value is -2.72. The van der Waals surface area contributed by atoms with Gasteiger partial charge in [-0.05, 0) is 61.2 Å². The van der Waals surface area contributed by atoms with Crippen molar-refractivity contribution in [3.63, 3.8) is 0 Å². The largest absolute Gasteiger partial charge is 0.483 e. The molecule has 1 amide bonds. The van der Waals surface area contributed by atoms with E-state index in [0.29, 0.717) is 13.1 Å². The van der Waals surface area contributed by atoms with Crippen LogP contribution in [0.2, 0.25) is 5.02 Å². The third kappa shape index (κ3) is 3.65. The third-order valence-electron chi connectivity index (χ3n) is 5.46. The molecule has 4 nitrogen and oxygen atoms in total. The summed E-state index contributed by atoms with van der Waals surface area (Å²) in [6.45, 7) is 5.40. The summed E-state index contributed by atoms with van der Waals surface area (Å²) in [4.78, 5) is 17.7. The van der Waals surface area contributed by atoms with Gasteiger partial charge in [0.15, 0.2) is 6.61 Å². The maximum absolute atomic E-state index is 12.6. The Morgan fingerprint density at radius 3 is 2.89 bits per heavy atom. The SMILES string of the molecule is Cc1cccc(OCC(=O)N2CC=C(c3c[nH]c4ccc(Cl)cc34)CC2)c1C. The summed E-state index contributed by atoms with van der Waals surface area (Å²) in [7, 11) is 0. The molecule has 0 saturated carbocycles. The van der Waals surface area contributed by atoms with Crippen LogP contribution in [0.5, 0.6) is 5.75 Å². The van der Waals surface area contributed by atoms with E-state index in [4.69, 9.17) is 16.3 Å². The number of aromatic amines is 1. The minimum absolute atomic E-state index is 0.0122. The van der Waals surface area contributed by atoms with Gasteiger partial charge >= 0.3 is 0 Å². The molecule has 0 bridgehead atoms. The van der Waals surface area contributed by atoms with Crippen LogP contribution in [0.1, 0.15) is 23.1 Å². The number of amides is 1. The lowest BCUT2D eigenvalue weighted by Crippen LogP contribution is -2.37. The van der Waals surface area contributed by atoms with Gasteiger partial charge in [0.25, 0.3) is 5.91 Å². The van der Waals surface area contributed by atoms with Crippen molar-refractivity contribution in [1.82, 2.24) is 9.88 Å².